The fourth-order valence-electron chi connectivity index (χ4n) is 2.20. The van der Waals surface area contributed by atoms with E-state index in [1.54, 1.807) is 0 Å². The molecule has 2 aromatic carbocycles. The molecule has 0 spiro atoms. The fourth-order valence-corrected chi connectivity index (χ4v) is 2.66. The zero-order valence-corrected chi connectivity index (χ0v) is 12.6. The van der Waals surface area contributed by atoms with E-state index in [4.69, 9.17) is 0 Å². The van der Waals surface area contributed by atoms with Gasteiger partial charge in [-0.05, 0) is 42.3 Å². The summed E-state index contributed by atoms with van der Waals surface area (Å²) >= 11 is 3.47. The highest BCUT2D eigenvalue weighted by molar-refractivity contribution is 9.09. The summed E-state index contributed by atoms with van der Waals surface area (Å²) < 4.78 is 0. The number of fused-ring (bicyclic) bond motifs is 1. The first-order chi connectivity index (χ1) is 9.85. The molecule has 100 valence electrons. The monoisotopic (exact) mass is 326 g/mol. The second-order valence-electron chi connectivity index (χ2n) is 4.65. The Morgan fingerprint density at radius 1 is 0.950 bits per heavy atom. The molecule has 3 heteroatoms. The molecule has 0 aliphatic heterocycles. The van der Waals surface area contributed by atoms with Crippen molar-refractivity contribution >= 4 is 38.3 Å². The SMILES string of the molecule is BrCCc1cccc(Nc2ccc3ccccc3n2)c1. The van der Waals surface area contributed by atoms with Gasteiger partial charge in [0.2, 0.25) is 0 Å². The quantitative estimate of drug-likeness (QED) is 0.688. The molecule has 3 aromatic rings. The van der Waals surface area contributed by atoms with Crippen LogP contribution in [0.25, 0.3) is 10.9 Å². The topological polar surface area (TPSA) is 24.9 Å². The molecule has 2 nitrogen and oxygen atoms in total. The van der Waals surface area contributed by atoms with Gasteiger partial charge in [0.15, 0.2) is 0 Å². The van der Waals surface area contributed by atoms with Crippen molar-refractivity contribution in [3.8, 4) is 0 Å². The van der Waals surface area contributed by atoms with Crippen LogP contribution in [0.2, 0.25) is 0 Å². The zero-order chi connectivity index (χ0) is 13.8. The van der Waals surface area contributed by atoms with E-state index in [9.17, 15) is 0 Å². The molecular weight excluding hydrogens is 312 g/mol. The molecule has 0 bridgehead atoms. The smallest absolute Gasteiger partial charge is 0.131 e. The molecule has 0 saturated carbocycles. The summed E-state index contributed by atoms with van der Waals surface area (Å²) in [7, 11) is 0. The first-order valence-corrected chi connectivity index (χ1v) is 7.75. The van der Waals surface area contributed by atoms with Crippen molar-refractivity contribution in [2.75, 3.05) is 10.6 Å². The van der Waals surface area contributed by atoms with Crippen molar-refractivity contribution in [1.82, 2.24) is 4.98 Å². The molecule has 0 amide bonds. The number of hydrogen-bond acceptors (Lipinski definition) is 2. The molecule has 1 aromatic heterocycles. The van der Waals surface area contributed by atoms with Crippen LogP contribution in [-0.4, -0.2) is 10.3 Å². The van der Waals surface area contributed by atoms with Gasteiger partial charge in [0.25, 0.3) is 0 Å². The Bertz CT molecular complexity index is 725. The van der Waals surface area contributed by atoms with E-state index < -0.39 is 0 Å². The average Bonchev–Trinajstić information content (AvgIpc) is 2.48. The molecule has 0 unspecified atom stereocenters. The maximum atomic E-state index is 4.63. The van der Waals surface area contributed by atoms with Gasteiger partial charge in [-0.3, -0.25) is 0 Å². The number of aryl methyl sites for hydroxylation is 1. The first kappa shape index (κ1) is 13.1. The maximum absolute atomic E-state index is 4.63. The van der Waals surface area contributed by atoms with E-state index >= 15 is 0 Å². The van der Waals surface area contributed by atoms with Gasteiger partial charge >= 0.3 is 0 Å². The number of hydrogen-bond donors (Lipinski definition) is 1. The second-order valence-corrected chi connectivity index (χ2v) is 5.45. The summed E-state index contributed by atoms with van der Waals surface area (Å²) in [5.41, 5.74) is 3.40. The number of pyridine rings is 1. The maximum Gasteiger partial charge on any atom is 0.131 e. The Balaban J connectivity index is 1.87. The minimum absolute atomic E-state index is 0.875. The number of benzene rings is 2. The van der Waals surface area contributed by atoms with E-state index in [0.717, 1.165) is 34.2 Å². The summed E-state index contributed by atoms with van der Waals surface area (Å²) in [6.45, 7) is 0. The van der Waals surface area contributed by atoms with Gasteiger partial charge in [-0.1, -0.05) is 46.3 Å². The predicted molar refractivity (Wildman–Crippen MR) is 89.0 cm³/mol. The third kappa shape index (κ3) is 2.99. The third-order valence-electron chi connectivity index (χ3n) is 3.18. The molecule has 1 N–H and O–H groups in total. The van der Waals surface area contributed by atoms with Crippen molar-refractivity contribution in [2.45, 2.75) is 6.42 Å². The predicted octanol–water partition coefficient (Wildman–Crippen LogP) is 4.92. The first-order valence-electron chi connectivity index (χ1n) is 6.63. The van der Waals surface area contributed by atoms with Crippen molar-refractivity contribution in [3.63, 3.8) is 0 Å². The van der Waals surface area contributed by atoms with Crippen LogP contribution in [-0.2, 0) is 6.42 Å². The second kappa shape index (κ2) is 6.06. The lowest BCUT2D eigenvalue weighted by Gasteiger charge is -2.08. The minimum Gasteiger partial charge on any atom is -0.340 e. The third-order valence-corrected chi connectivity index (χ3v) is 3.58. The van der Waals surface area contributed by atoms with Gasteiger partial charge < -0.3 is 5.32 Å². The van der Waals surface area contributed by atoms with Gasteiger partial charge in [-0.2, -0.15) is 0 Å². The number of rotatable bonds is 4. The normalized spacial score (nSPS) is 10.7. The molecular formula is C17H15BrN2. The summed E-state index contributed by atoms with van der Waals surface area (Å²) in [6.07, 6.45) is 1.03. The van der Waals surface area contributed by atoms with Crippen LogP contribution in [0.3, 0.4) is 0 Å². The number of nitrogens with zero attached hydrogens (tertiary/aromatic N) is 1. The Kier molecular flexibility index (Phi) is 3.97. The Morgan fingerprint density at radius 3 is 2.75 bits per heavy atom. The summed E-state index contributed by atoms with van der Waals surface area (Å²) in [6, 6.07) is 20.7. The summed E-state index contributed by atoms with van der Waals surface area (Å²) in [5, 5.41) is 5.50. The largest absolute Gasteiger partial charge is 0.340 e. The number of halogens is 1. The van der Waals surface area contributed by atoms with Crippen LogP contribution in [0, 0.1) is 0 Å². The molecule has 3 rings (SSSR count). The van der Waals surface area contributed by atoms with E-state index in [-0.39, 0.29) is 0 Å². The van der Waals surface area contributed by atoms with Gasteiger partial charge in [0.1, 0.15) is 5.82 Å². The molecule has 1 heterocycles. The lowest BCUT2D eigenvalue weighted by molar-refractivity contribution is 1.17. The lowest BCUT2D eigenvalue weighted by Crippen LogP contribution is -1.95. The van der Waals surface area contributed by atoms with E-state index in [2.05, 4.69) is 62.6 Å². The highest BCUT2D eigenvalue weighted by atomic mass is 79.9. The van der Waals surface area contributed by atoms with Crippen LogP contribution < -0.4 is 5.32 Å². The lowest BCUT2D eigenvalue weighted by atomic mass is 10.1. The highest BCUT2D eigenvalue weighted by Gasteiger charge is 2.00. The number of para-hydroxylation sites is 1. The summed E-state index contributed by atoms with van der Waals surface area (Å²) in [5.74, 6) is 0.875. The number of nitrogens with one attached hydrogen (secondary N) is 1. The van der Waals surface area contributed by atoms with Crippen LogP contribution in [0.15, 0.2) is 60.7 Å². The van der Waals surface area contributed by atoms with Crippen LogP contribution in [0.5, 0.6) is 0 Å². The van der Waals surface area contributed by atoms with Gasteiger partial charge in [-0.25, -0.2) is 4.98 Å². The minimum atomic E-state index is 0.875. The Labute approximate surface area is 127 Å². The average molecular weight is 327 g/mol. The fraction of sp³-hybridized carbons (Fsp3) is 0.118. The molecule has 0 fully saturated rings. The molecule has 0 aliphatic rings. The van der Waals surface area contributed by atoms with Crippen molar-refractivity contribution in [2.24, 2.45) is 0 Å². The van der Waals surface area contributed by atoms with E-state index in [1.165, 1.54) is 5.56 Å². The molecule has 0 aliphatic carbocycles. The van der Waals surface area contributed by atoms with Crippen molar-refractivity contribution in [1.29, 1.82) is 0 Å². The standard InChI is InChI=1S/C17H15BrN2/c18-11-10-13-4-3-6-15(12-13)19-17-9-8-14-5-1-2-7-16(14)20-17/h1-9,12H,10-11H2,(H,19,20). The van der Waals surface area contributed by atoms with Crippen LogP contribution in [0.1, 0.15) is 5.56 Å². The van der Waals surface area contributed by atoms with Crippen LogP contribution in [0.4, 0.5) is 11.5 Å². The van der Waals surface area contributed by atoms with Crippen LogP contribution >= 0.6 is 15.9 Å². The van der Waals surface area contributed by atoms with Gasteiger partial charge in [0.05, 0.1) is 5.52 Å². The van der Waals surface area contributed by atoms with E-state index in [0.29, 0.717) is 0 Å². The number of alkyl halides is 1. The molecule has 20 heavy (non-hydrogen) atoms. The van der Waals surface area contributed by atoms with E-state index in [1.807, 2.05) is 24.3 Å². The Hall–Kier alpha value is -1.87. The molecule has 0 radical (unpaired) electrons. The van der Waals surface area contributed by atoms with Gasteiger partial charge in [0, 0.05) is 16.4 Å². The molecule has 0 saturated heterocycles. The number of aromatic nitrogens is 1. The highest BCUT2D eigenvalue weighted by Crippen LogP contribution is 2.19. The number of anilines is 2. The Morgan fingerprint density at radius 2 is 1.85 bits per heavy atom. The zero-order valence-electron chi connectivity index (χ0n) is 11.0. The molecule has 0 atom stereocenters. The van der Waals surface area contributed by atoms with Gasteiger partial charge in [-0.15, -0.1) is 0 Å². The van der Waals surface area contributed by atoms with Crippen molar-refractivity contribution < 1.29 is 0 Å². The van der Waals surface area contributed by atoms with Crippen molar-refractivity contribution in [3.05, 3.63) is 66.2 Å². The summed E-state index contributed by atoms with van der Waals surface area (Å²) in [4.78, 5) is 4.63.